The van der Waals surface area contributed by atoms with Crippen molar-refractivity contribution in [2.75, 3.05) is 5.43 Å². The molecule has 4 rings (SSSR count). The van der Waals surface area contributed by atoms with Crippen LogP contribution in [0.25, 0.3) is 22.2 Å². The number of hydrogen-bond acceptors (Lipinski definition) is 6. The Morgan fingerprint density at radius 1 is 1.07 bits per heavy atom. The van der Waals surface area contributed by atoms with Gasteiger partial charge < -0.3 is 4.42 Å². The average Bonchev–Trinajstić information content (AvgIpc) is 3.12. The average molecular weight is 416 g/mol. The molecule has 5 nitrogen and oxygen atoms in total. The molecule has 0 aliphatic heterocycles. The molecular formula is C19H11Cl2N3O2S. The Morgan fingerprint density at radius 3 is 2.67 bits per heavy atom. The Morgan fingerprint density at radius 2 is 1.85 bits per heavy atom. The SMILES string of the molecule is O=c1oc2ccc(Cl)cc2cc1-c1csc(N/N=C/c2ccc(Cl)cc2)n1. The molecule has 0 atom stereocenters. The van der Waals surface area contributed by atoms with Crippen LogP contribution < -0.4 is 11.1 Å². The number of benzene rings is 2. The fraction of sp³-hybridized carbons (Fsp3) is 0. The van der Waals surface area contributed by atoms with Crippen molar-refractivity contribution < 1.29 is 4.42 Å². The van der Waals surface area contributed by atoms with Gasteiger partial charge in [0, 0.05) is 20.8 Å². The van der Waals surface area contributed by atoms with Gasteiger partial charge in [-0.05, 0) is 42.0 Å². The minimum absolute atomic E-state index is 0.371. The summed E-state index contributed by atoms with van der Waals surface area (Å²) in [5.41, 5.74) is 4.67. The number of aromatic nitrogens is 1. The van der Waals surface area contributed by atoms with Crippen LogP contribution in [0.4, 0.5) is 5.13 Å². The first-order valence-electron chi connectivity index (χ1n) is 7.82. The van der Waals surface area contributed by atoms with Crippen molar-refractivity contribution in [2.24, 2.45) is 5.10 Å². The van der Waals surface area contributed by atoms with Crippen LogP contribution in [0.15, 0.2) is 68.2 Å². The van der Waals surface area contributed by atoms with E-state index in [1.165, 1.54) is 11.3 Å². The topological polar surface area (TPSA) is 67.5 Å². The van der Waals surface area contributed by atoms with E-state index in [9.17, 15) is 4.79 Å². The van der Waals surface area contributed by atoms with Crippen molar-refractivity contribution in [1.29, 1.82) is 0 Å². The summed E-state index contributed by atoms with van der Waals surface area (Å²) < 4.78 is 5.35. The van der Waals surface area contributed by atoms with Crippen LogP contribution >= 0.6 is 34.5 Å². The molecule has 2 aromatic heterocycles. The third-order valence-corrected chi connectivity index (χ3v) is 4.95. The number of nitrogens with one attached hydrogen (secondary N) is 1. The molecule has 0 aliphatic rings. The first kappa shape index (κ1) is 17.7. The van der Waals surface area contributed by atoms with Gasteiger partial charge in [0.15, 0.2) is 0 Å². The third-order valence-electron chi connectivity index (χ3n) is 3.72. The molecule has 27 heavy (non-hydrogen) atoms. The van der Waals surface area contributed by atoms with Crippen LogP contribution in [0.3, 0.4) is 0 Å². The quantitative estimate of drug-likeness (QED) is 0.265. The van der Waals surface area contributed by atoms with E-state index in [2.05, 4.69) is 15.5 Å². The number of nitrogens with zero attached hydrogens (tertiary/aromatic N) is 2. The van der Waals surface area contributed by atoms with E-state index in [4.69, 9.17) is 27.6 Å². The van der Waals surface area contributed by atoms with Crippen LogP contribution in [-0.2, 0) is 0 Å². The van der Waals surface area contributed by atoms with E-state index in [0.717, 1.165) is 10.9 Å². The van der Waals surface area contributed by atoms with E-state index >= 15 is 0 Å². The summed E-state index contributed by atoms with van der Waals surface area (Å²) in [6, 6.07) is 14.1. The fourth-order valence-corrected chi connectivity index (χ4v) is 3.40. The fourth-order valence-electron chi connectivity index (χ4n) is 2.43. The number of halogens is 2. The second kappa shape index (κ2) is 7.52. The number of rotatable bonds is 4. The van der Waals surface area contributed by atoms with Gasteiger partial charge in [0.25, 0.3) is 0 Å². The number of fused-ring (bicyclic) bond motifs is 1. The normalized spacial score (nSPS) is 11.3. The molecule has 0 saturated heterocycles. The van der Waals surface area contributed by atoms with Gasteiger partial charge in [0.2, 0.25) is 5.13 Å². The molecule has 2 aromatic carbocycles. The summed E-state index contributed by atoms with van der Waals surface area (Å²) in [6.45, 7) is 0. The van der Waals surface area contributed by atoms with E-state index in [0.29, 0.717) is 32.0 Å². The maximum atomic E-state index is 12.3. The number of hydrazone groups is 1. The van der Waals surface area contributed by atoms with Gasteiger partial charge in [-0.2, -0.15) is 5.10 Å². The van der Waals surface area contributed by atoms with Gasteiger partial charge in [-0.15, -0.1) is 11.3 Å². The second-order valence-corrected chi connectivity index (χ2v) is 7.32. The van der Waals surface area contributed by atoms with Gasteiger partial charge in [0.1, 0.15) is 5.58 Å². The molecule has 0 saturated carbocycles. The predicted octanol–water partition coefficient (Wildman–Crippen LogP) is 5.67. The Hall–Kier alpha value is -2.67. The van der Waals surface area contributed by atoms with Crippen LogP contribution in [-0.4, -0.2) is 11.2 Å². The van der Waals surface area contributed by atoms with Crippen LogP contribution in [0.1, 0.15) is 5.56 Å². The standard InChI is InChI=1S/C19H11Cl2N3O2S/c20-13-3-1-11(2-4-13)9-22-24-19-23-16(10-27-19)15-8-12-7-14(21)5-6-17(12)26-18(15)25/h1-10H,(H,23,24)/b22-9+. The predicted molar refractivity (Wildman–Crippen MR) is 111 cm³/mol. The van der Waals surface area contributed by atoms with E-state index < -0.39 is 5.63 Å². The third kappa shape index (κ3) is 4.03. The summed E-state index contributed by atoms with van der Waals surface area (Å²) in [5, 5.41) is 8.44. The zero-order chi connectivity index (χ0) is 18.8. The lowest BCUT2D eigenvalue weighted by atomic mass is 10.1. The molecule has 0 spiro atoms. The molecule has 0 radical (unpaired) electrons. The first-order chi connectivity index (χ1) is 13.1. The van der Waals surface area contributed by atoms with Crippen molar-refractivity contribution in [3.8, 4) is 11.3 Å². The maximum Gasteiger partial charge on any atom is 0.345 e. The highest BCUT2D eigenvalue weighted by Crippen LogP contribution is 2.26. The summed E-state index contributed by atoms with van der Waals surface area (Å²) in [5.74, 6) is 0. The first-order valence-corrected chi connectivity index (χ1v) is 9.46. The summed E-state index contributed by atoms with van der Waals surface area (Å²) in [7, 11) is 0. The van der Waals surface area contributed by atoms with Gasteiger partial charge in [-0.3, -0.25) is 5.43 Å². The van der Waals surface area contributed by atoms with Gasteiger partial charge in [0.05, 0.1) is 17.5 Å². The van der Waals surface area contributed by atoms with E-state index in [1.54, 1.807) is 48.0 Å². The Bertz CT molecular complexity index is 1200. The number of thiazole rings is 1. The highest BCUT2D eigenvalue weighted by Gasteiger charge is 2.11. The minimum atomic E-state index is -0.452. The summed E-state index contributed by atoms with van der Waals surface area (Å²) in [4.78, 5) is 16.7. The lowest BCUT2D eigenvalue weighted by molar-refractivity contribution is 0.563. The molecular weight excluding hydrogens is 405 g/mol. The van der Waals surface area contributed by atoms with E-state index in [1.807, 2.05) is 12.1 Å². The van der Waals surface area contributed by atoms with Gasteiger partial charge >= 0.3 is 5.63 Å². The van der Waals surface area contributed by atoms with Crippen molar-refractivity contribution in [3.05, 3.63) is 79.9 Å². The molecule has 0 bridgehead atoms. The smallest absolute Gasteiger partial charge is 0.345 e. The van der Waals surface area contributed by atoms with Crippen molar-refractivity contribution in [2.45, 2.75) is 0 Å². The van der Waals surface area contributed by atoms with Crippen molar-refractivity contribution in [3.63, 3.8) is 0 Å². The van der Waals surface area contributed by atoms with Crippen LogP contribution in [0.5, 0.6) is 0 Å². The molecule has 8 heteroatoms. The zero-order valence-electron chi connectivity index (χ0n) is 13.6. The van der Waals surface area contributed by atoms with Gasteiger partial charge in [-0.25, -0.2) is 9.78 Å². The molecule has 0 fully saturated rings. The summed E-state index contributed by atoms with van der Waals surface area (Å²) >= 11 is 13.2. The monoisotopic (exact) mass is 415 g/mol. The lowest BCUT2D eigenvalue weighted by Crippen LogP contribution is -2.03. The number of hydrogen-bond donors (Lipinski definition) is 1. The zero-order valence-corrected chi connectivity index (χ0v) is 16.0. The molecule has 2 heterocycles. The lowest BCUT2D eigenvalue weighted by Gasteiger charge is -2.00. The van der Waals surface area contributed by atoms with Crippen molar-refractivity contribution in [1.82, 2.24) is 4.98 Å². The summed E-state index contributed by atoms with van der Waals surface area (Å²) in [6.07, 6.45) is 1.66. The minimum Gasteiger partial charge on any atom is -0.422 e. The largest absolute Gasteiger partial charge is 0.422 e. The number of anilines is 1. The molecule has 1 N–H and O–H groups in total. The molecule has 0 aliphatic carbocycles. The molecule has 4 aromatic rings. The van der Waals surface area contributed by atoms with Crippen molar-refractivity contribution >= 4 is 56.9 Å². The van der Waals surface area contributed by atoms with Gasteiger partial charge in [-0.1, -0.05) is 35.3 Å². The highest BCUT2D eigenvalue weighted by molar-refractivity contribution is 7.14. The maximum absolute atomic E-state index is 12.3. The Balaban J connectivity index is 1.57. The molecule has 0 unspecified atom stereocenters. The second-order valence-electron chi connectivity index (χ2n) is 5.59. The molecule has 0 amide bonds. The van der Waals surface area contributed by atoms with Crippen LogP contribution in [0, 0.1) is 0 Å². The van der Waals surface area contributed by atoms with E-state index in [-0.39, 0.29) is 0 Å². The molecule has 134 valence electrons. The van der Waals surface area contributed by atoms with Crippen LogP contribution in [0.2, 0.25) is 10.0 Å². The highest BCUT2D eigenvalue weighted by atomic mass is 35.5. The Kier molecular flexibility index (Phi) is 4.94. The Labute approximate surface area is 167 Å².